The Balaban J connectivity index is 1.81. The van der Waals surface area contributed by atoms with Gasteiger partial charge in [0.15, 0.2) is 0 Å². The van der Waals surface area contributed by atoms with Gasteiger partial charge in [-0.3, -0.25) is 4.90 Å². The van der Waals surface area contributed by atoms with Gasteiger partial charge in [-0.05, 0) is 42.9 Å². The summed E-state index contributed by atoms with van der Waals surface area (Å²) in [6, 6.07) is 21.9. The Bertz CT molecular complexity index is 661. The molecule has 1 saturated heterocycles. The molecule has 1 aliphatic rings. The Kier molecular flexibility index (Phi) is 5.31. The van der Waals surface area contributed by atoms with Crippen molar-refractivity contribution in [2.24, 2.45) is 5.41 Å². The molecule has 0 amide bonds. The number of hydrogen-bond donors (Lipinski definition) is 0. The second-order valence-corrected chi connectivity index (χ2v) is 8.39. The SMILES string of the molecule is C[C@H]1[C@@H](c2ccccc2)O[C@@H](C[C@@H](c2ccccc2)C(C)(C)C)N1C. The molecular weight excluding hydrogens is 306 g/mol. The monoisotopic (exact) mass is 337 g/mol. The minimum Gasteiger partial charge on any atom is -0.354 e. The first-order valence-corrected chi connectivity index (χ1v) is 9.35. The van der Waals surface area contributed by atoms with E-state index >= 15 is 0 Å². The summed E-state index contributed by atoms with van der Waals surface area (Å²) in [5.74, 6) is 0.461. The lowest BCUT2D eigenvalue weighted by Gasteiger charge is -2.34. The van der Waals surface area contributed by atoms with Crippen LogP contribution in [-0.2, 0) is 4.74 Å². The van der Waals surface area contributed by atoms with Crippen LogP contribution in [0.2, 0.25) is 0 Å². The van der Waals surface area contributed by atoms with Crippen LogP contribution < -0.4 is 0 Å². The summed E-state index contributed by atoms with van der Waals surface area (Å²) in [5, 5.41) is 0. The van der Waals surface area contributed by atoms with Gasteiger partial charge in [0.25, 0.3) is 0 Å². The molecule has 0 radical (unpaired) electrons. The molecule has 0 unspecified atom stereocenters. The Labute approximate surface area is 152 Å². The van der Waals surface area contributed by atoms with Crippen LogP contribution in [0.4, 0.5) is 0 Å². The fraction of sp³-hybridized carbons (Fsp3) is 0.478. The minimum absolute atomic E-state index is 0.143. The topological polar surface area (TPSA) is 12.5 Å². The molecule has 2 aromatic rings. The van der Waals surface area contributed by atoms with Crippen LogP contribution in [0, 0.1) is 5.41 Å². The Morgan fingerprint density at radius 3 is 2.08 bits per heavy atom. The maximum Gasteiger partial charge on any atom is 0.112 e. The molecule has 0 aliphatic carbocycles. The zero-order valence-electron chi connectivity index (χ0n) is 16.1. The maximum absolute atomic E-state index is 6.55. The van der Waals surface area contributed by atoms with Gasteiger partial charge in [0.05, 0.1) is 6.10 Å². The number of benzene rings is 2. The van der Waals surface area contributed by atoms with Crippen molar-refractivity contribution >= 4 is 0 Å². The van der Waals surface area contributed by atoms with Crippen molar-refractivity contribution in [1.29, 1.82) is 0 Å². The van der Waals surface area contributed by atoms with E-state index < -0.39 is 0 Å². The molecule has 1 heterocycles. The highest BCUT2D eigenvalue weighted by molar-refractivity contribution is 5.23. The molecule has 1 aliphatic heterocycles. The highest BCUT2D eigenvalue weighted by atomic mass is 16.5. The predicted octanol–water partition coefficient (Wildman–Crippen LogP) is 5.62. The molecule has 0 aromatic heterocycles. The van der Waals surface area contributed by atoms with Gasteiger partial charge in [-0.25, -0.2) is 0 Å². The quantitative estimate of drug-likeness (QED) is 0.717. The predicted molar refractivity (Wildman–Crippen MR) is 105 cm³/mol. The van der Waals surface area contributed by atoms with Gasteiger partial charge in [0, 0.05) is 6.04 Å². The van der Waals surface area contributed by atoms with Crippen molar-refractivity contribution in [2.45, 2.75) is 58.4 Å². The van der Waals surface area contributed by atoms with E-state index in [-0.39, 0.29) is 17.7 Å². The summed E-state index contributed by atoms with van der Waals surface area (Å²) >= 11 is 0. The highest BCUT2D eigenvalue weighted by Gasteiger charge is 2.40. The van der Waals surface area contributed by atoms with E-state index in [1.54, 1.807) is 0 Å². The zero-order valence-corrected chi connectivity index (χ0v) is 16.1. The van der Waals surface area contributed by atoms with Crippen LogP contribution in [0.25, 0.3) is 0 Å². The molecule has 4 atom stereocenters. The largest absolute Gasteiger partial charge is 0.354 e. The molecule has 3 rings (SSSR count). The summed E-state index contributed by atoms with van der Waals surface area (Å²) < 4.78 is 6.55. The molecule has 0 spiro atoms. The minimum atomic E-state index is 0.143. The molecule has 1 fully saturated rings. The van der Waals surface area contributed by atoms with Crippen molar-refractivity contribution in [1.82, 2.24) is 4.90 Å². The molecule has 2 heteroatoms. The standard InChI is InChI=1S/C23H31NO/c1-17-22(19-14-10-7-11-15-19)25-21(24(17)5)16-20(23(2,3)4)18-12-8-6-9-13-18/h6-15,17,20-22H,16H2,1-5H3/t17-,20-,21-,22-/m0/s1. The third-order valence-corrected chi connectivity index (χ3v) is 5.65. The summed E-state index contributed by atoms with van der Waals surface area (Å²) in [7, 11) is 2.20. The summed E-state index contributed by atoms with van der Waals surface area (Å²) in [6.45, 7) is 9.26. The van der Waals surface area contributed by atoms with E-state index in [0.29, 0.717) is 12.0 Å². The van der Waals surface area contributed by atoms with E-state index in [1.165, 1.54) is 11.1 Å². The number of rotatable bonds is 4. The molecule has 134 valence electrons. The van der Waals surface area contributed by atoms with E-state index in [4.69, 9.17) is 4.74 Å². The van der Waals surface area contributed by atoms with Crippen LogP contribution in [0.15, 0.2) is 60.7 Å². The van der Waals surface area contributed by atoms with Crippen molar-refractivity contribution in [3.8, 4) is 0 Å². The van der Waals surface area contributed by atoms with Crippen molar-refractivity contribution in [3.05, 3.63) is 71.8 Å². The number of nitrogens with zero attached hydrogens (tertiary/aromatic N) is 1. The smallest absolute Gasteiger partial charge is 0.112 e. The van der Waals surface area contributed by atoms with Gasteiger partial charge in [-0.2, -0.15) is 0 Å². The Hall–Kier alpha value is -1.64. The average Bonchev–Trinajstić information content (AvgIpc) is 2.88. The molecular formula is C23H31NO. The lowest BCUT2D eigenvalue weighted by molar-refractivity contribution is -0.0103. The van der Waals surface area contributed by atoms with Crippen molar-refractivity contribution < 1.29 is 4.74 Å². The van der Waals surface area contributed by atoms with E-state index in [9.17, 15) is 0 Å². The average molecular weight is 338 g/mol. The number of hydrogen-bond acceptors (Lipinski definition) is 2. The fourth-order valence-corrected chi connectivity index (χ4v) is 3.95. The van der Waals surface area contributed by atoms with Crippen LogP contribution in [0.3, 0.4) is 0 Å². The second-order valence-electron chi connectivity index (χ2n) is 8.39. The van der Waals surface area contributed by atoms with E-state index in [1.807, 2.05) is 0 Å². The fourth-order valence-electron chi connectivity index (χ4n) is 3.95. The van der Waals surface area contributed by atoms with Gasteiger partial charge in [0.1, 0.15) is 6.23 Å². The molecule has 2 aromatic carbocycles. The Morgan fingerprint density at radius 2 is 1.52 bits per heavy atom. The highest BCUT2D eigenvalue weighted by Crippen LogP contribution is 2.43. The van der Waals surface area contributed by atoms with Gasteiger partial charge >= 0.3 is 0 Å². The summed E-state index contributed by atoms with van der Waals surface area (Å²) in [5.41, 5.74) is 2.87. The van der Waals surface area contributed by atoms with Gasteiger partial charge in [0.2, 0.25) is 0 Å². The van der Waals surface area contributed by atoms with E-state index in [2.05, 4.69) is 100 Å². The van der Waals surface area contributed by atoms with Gasteiger partial charge in [-0.1, -0.05) is 81.4 Å². The van der Waals surface area contributed by atoms with Crippen LogP contribution in [0.1, 0.15) is 57.3 Å². The molecule has 0 bridgehead atoms. The van der Waals surface area contributed by atoms with Crippen LogP contribution in [-0.4, -0.2) is 24.2 Å². The number of ether oxygens (including phenoxy) is 1. The van der Waals surface area contributed by atoms with Crippen molar-refractivity contribution in [2.75, 3.05) is 7.05 Å². The normalized spacial score (nSPS) is 25.9. The first kappa shape index (κ1) is 18.2. The summed E-state index contributed by atoms with van der Waals surface area (Å²) in [6.07, 6.45) is 1.30. The molecule has 2 nitrogen and oxygen atoms in total. The zero-order chi connectivity index (χ0) is 18.0. The maximum atomic E-state index is 6.55. The van der Waals surface area contributed by atoms with E-state index in [0.717, 1.165) is 6.42 Å². The van der Waals surface area contributed by atoms with Crippen LogP contribution >= 0.6 is 0 Å². The van der Waals surface area contributed by atoms with Crippen molar-refractivity contribution in [3.63, 3.8) is 0 Å². The third-order valence-electron chi connectivity index (χ3n) is 5.65. The molecule has 0 saturated carbocycles. The first-order chi connectivity index (χ1) is 11.9. The van der Waals surface area contributed by atoms with Crippen LogP contribution in [0.5, 0.6) is 0 Å². The summed E-state index contributed by atoms with van der Waals surface area (Å²) in [4.78, 5) is 2.40. The lowest BCUT2D eigenvalue weighted by atomic mass is 9.74. The molecule has 25 heavy (non-hydrogen) atoms. The Morgan fingerprint density at radius 1 is 0.960 bits per heavy atom. The number of likely N-dealkylation sites (N-methyl/N-ethyl adjacent to an activating group) is 1. The lowest BCUT2D eigenvalue weighted by Crippen LogP contribution is -2.34. The molecule has 0 N–H and O–H groups in total. The van der Waals surface area contributed by atoms with Gasteiger partial charge in [-0.15, -0.1) is 0 Å². The van der Waals surface area contributed by atoms with Gasteiger partial charge < -0.3 is 4.74 Å². The third kappa shape index (κ3) is 3.96. The second kappa shape index (κ2) is 7.31. The first-order valence-electron chi connectivity index (χ1n) is 9.35.